The molecule has 0 bridgehead atoms. The lowest BCUT2D eigenvalue weighted by Crippen LogP contribution is -2.37. The summed E-state index contributed by atoms with van der Waals surface area (Å²) < 4.78 is 0. The summed E-state index contributed by atoms with van der Waals surface area (Å²) in [5.41, 5.74) is 0. The van der Waals surface area contributed by atoms with Crippen LogP contribution >= 0.6 is 0 Å². The lowest BCUT2D eigenvalue weighted by molar-refractivity contribution is -0.131. The van der Waals surface area contributed by atoms with E-state index < -0.39 is 0 Å². The fourth-order valence-electron chi connectivity index (χ4n) is 3.14. The molecule has 0 unspecified atom stereocenters. The van der Waals surface area contributed by atoms with E-state index in [0.717, 1.165) is 58.4 Å². The van der Waals surface area contributed by atoms with E-state index in [1.54, 1.807) is 0 Å². The predicted molar refractivity (Wildman–Crippen MR) is 74.4 cm³/mol. The highest BCUT2D eigenvalue weighted by molar-refractivity contribution is 5.76. The van der Waals surface area contributed by atoms with Crippen LogP contribution in [0.4, 0.5) is 0 Å². The Morgan fingerprint density at radius 1 is 1.16 bits per heavy atom. The van der Waals surface area contributed by atoms with E-state index in [2.05, 4.69) is 11.0 Å². The van der Waals surface area contributed by atoms with Crippen molar-refractivity contribution in [3.8, 4) is 6.07 Å². The fourth-order valence-corrected chi connectivity index (χ4v) is 3.14. The topological polar surface area (TPSA) is 47.3 Å². The van der Waals surface area contributed by atoms with Gasteiger partial charge < -0.3 is 9.80 Å². The van der Waals surface area contributed by atoms with E-state index in [-0.39, 0.29) is 0 Å². The molecule has 0 N–H and O–H groups in total. The van der Waals surface area contributed by atoms with Crippen molar-refractivity contribution in [3.63, 3.8) is 0 Å². The first-order valence-electron chi connectivity index (χ1n) is 7.66. The third-order valence-corrected chi connectivity index (χ3v) is 4.39. The van der Waals surface area contributed by atoms with Gasteiger partial charge in [-0.05, 0) is 57.7 Å². The molecule has 0 aromatic heterocycles. The maximum Gasteiger partial charge on any atom is 0.222 e. The Bertz CT molecular complexity index is 323. The minimum atomic E-state index is 0.375. The van der Waals surface area contributed by atoms with Crippen molar-refractivity contribution < 1.29 is 4.79 Å². The van der Waals surface area contributed by atoms with Crippen LogP contribution < -0.4 is 0 Å². The Morgan fingerprint density at radius 2 is 1.84 bits per heavy atom. The van der Waals surface area contributed by atoms with Gasteiger partial charge in [0.15, 0.2) is 0 Å². The minimum absolute atomic E-state index is 0.375. The van der Waals surface area contributed by atoms with Crippen LogP contribution in [0.15, 0.2) is 0 Å². The first-order chi connectivity index (χ1) is 9.29. The first-order valence-corrected chi connectivity index (χ1v) is 7.66. The van der Waals surface area contributed by atoms with Gasteiger partial charge in [-0.2, -0.15) is 5.26 Å². The molecule has 19 heavy (non-hydrogen) atoms. The van der Waals surface area contributed by atoms with Gasteiger partial charge in [0.2, 0.25) is 5.91 Å². The summed E-state index contributed by atoms with van der Waals surface area (Å²) in [7, 11) is 0. The van der Waals surface area contributed by atoms with Gasteiger partial charge >= 0.3 is 0 Å². The van der Waals surface area contributed by atoms with Gasteiger partial charge in [-0.15, -0.1) is 0 Å². The number of carbonyl (C=O) groups is 1. The second kappa shape index (κ2) is 7.49. The molecule has 2 saturated heterocycles. The number of amides is 1. The lowest BCUT2D eigenvalue weighted by Gasteiger charge is -2.32. The SMILES string of the molecule is N#CCCCN1CCC(CC(=O)N2CCCC2)CC1. The monoisotopic (exact) mass is 263 g/mol. The van der Waals surface area contributed by atoms with E-state index >= 15 is 0 Å². The fraction of sp³-hybridized carbons (Fsp3) is 0.867. The smallest absolute Gasteiger partial charge is 0.222 e. The van der Waals surface area contributed by atoms with Gasteiger partial charge in [0.25, 0.3) is 0 Å². The normalized spacial score (nSPS) is 21.5. The Labute approximate surface area is 116 Å². The zero-order chi connectivity index (χ0) is 13.5. The second-order valence-electron chi connectivity index (χ2n) is 5.84. The molecule has 0 atom stereocenters. The molecule has 4 nitrogen and oxygen atoms in total. The van der Waals surface area contributed by atoms with E-state index in [4.69, 9.17) is 5.26 Å². The Morgan fingerprint density at radius 3 is 2.47 bits per heavy atom. The van der Waals surface area contributed by atoms with Crippen LogP contribution in [0.3, 0.4) is 0 Å². The van der Waals surface area contributed by atoms with Crippen molar-refractivity contribution >= 4 is 5.91 Å². The number of likely N-dealkylation sites (tertiary alicyclic amines) is 2. The van der Waals surface area contributed by atoms with Gasteiger partial charge in [0.05, 0.1) is 6.07 Å². The van der Waals surface area contributed by atoms with Crippen LogP contribution in [0.1, 0.15) is 44.9 Å². The maximum absolute atomic E-state index is 12.1. The molecule has 0 saturated carbocycles. The molecular weight excluding hydrogens is 238 g/mol. The molecule has 2 fully saturated rings. The average Bonchev–Trinajstić information content (AvgIpc) is 2.95. The zero-order valence-corrected chi connectivity index (χ0v) is 11.8. The van der Waals surface area contributed by atoms with Crippen LogP contribution in [0.2, 0.25) is 0 Å². The van der Waals surface area contributed by atoms with Crippen molar-refractivity contribution in [1.29, 1.82) is 5.26 Å². The summed E-state index contributed by atoms with van der Waals surface area (Å²) >= 11 is 0. The summed E-state index contributed by atoms with van der Waals surface area (Å²) in [6.07, 6.45) is 7.05. The third-order valence-electron chi connectivity index (χ3n) is 4.39. The molecule has 0 aromatic carbocycles. The minimum Gasteiger partial charge on any atom is -0.343 e. The summed E-state index contributed by atoms with van der Waals surface area (Å²) in [5.74, 6) is 0.959. The van der Waals surface area contributed by atoms with Gasteiger partial charge in [0.1, 0.15) is 0 Å². The molecule has 0 spiro atoms. The summed E-state index contributed by atoms with van der Waals surface area (Å²) in [6, 6.07) is 2.20. The van der Waals surface area contributed by atoms with Crippen molar-refractivity contribution in [2.45, 2.75) is 44.9 Å². The first kappa shape index (κ1) is 14.3. The molecule has 1 amide bonds. The van der Waals surface area contributed by atoms with Crippen molar-refractivity contribution in [2.24, 2.45) is 5.92 Å². The molecule has 0 aromatic rings. The van der Waals surface area contributed by atoms with E-state index in [1.165, 1.54) is 12.8 Å². The molecule has 0 radical (unpaired) electrons. The second-order valence-corrected chi connectivity index (χ2v) is 5.84. The Hall–Kier alpha value is -1.08. The van der Waals surface area contributed by atoms with Crippen LogP contribution in [-0.2, 0) is 4.79 Å². The summed E-state index contributed by atoms with van der Waals surface area (Å²) in [6.45, 7) is 5.20. The molecule has 2 aliphatic rings. The molecular formula is C15H25N3O. The van der Waals surface area contributed by atoms with E-state index in [0.29, 0.717) is 18.2 Å². The lowest BCUT2D eigenvalue weighted by atomic mass is 9.93. The number of hydrogen-bond acceptors (Lipinski definition) is 3. The highest BCUT2D eigenvalue weighted by Gasteiger charge is 2.24. The highest BCUT2D eigenvalue weighted by Crippen LogP contribution is 2.22. The molecule has 2 rings (SSSR count). The number of piperidine rings is 1. The van der Waals surface area contributed by atoms with Gasteiger partial charge in [-0.3, -0.25) is 4.79 Å². The third kappa shape index (κ3) is 4.50. The highest BCUT2D eigenvalue weighted by atomic mass is 16.2. The predicted octanol–water partition coefficient (Wildman–Crippen LogP) is 2.01. The van der Waals surface area contributed by atoms with Crippen LogP contribution in [-0.4, -0.2) is 48.4 Å². The number of rotatable bonds is 5. The standard InChI is InChI=1S/C15H25N3O/c16-7-1-2-8-17-11-5-14(6-12-17)13-15(19)18-9-3-4-10-18/h14H,1-6,8-13H2. The quantitative estimate of drug-likeness (QED) is 0.713. The number of hydrogen-bond donors (Lipinski definition) is 0. The van der Waals surface area contributed by atoms with Crippen LogP contribution in [0.25, 0.3) is 0 Å². The molecule has 2 aliphatic heterocycles. The summed E-state index contributed by atoms with van der Waals surface area (Å²) in [5, 5.41) is 8.53. The van der Waals surface area contributed by atoms with Crippen molar-refractivity contribution in [2.75, 3.05) is 32.7 Å². The molecule has 106 valence electrons. The molecule has 4 heteroatoms. The van der Waals surface area contributed by atoms with E-state index in [9.17, 15) is 4.79 Å². The summed E-state index contributed by atoms with van der Waals surface area (Å²) in [4.78, 5) is 16.6. The van der Waals surface area contributed by atoms with Gasteiger partial charge in [-0.25, -0.2) is 0 Å². The zero-order valence-electron chi connectivity index (χ0n) is 11.8. The van der Waals surface area contributed by atoms with Crippen molar-refractivity contribution in [1.82, 2.24) is 9.80 Å². The molecule has 2 heterocycles. The van der Waals surface area contributed by atoms with Gasteiger partial charge in [0, 0.05) is 25.9 Å². The largest absolute Gasteiger partial charge is 0.343 e. The Kier molecular flexibility index (Phi) is 5.65. The van der Waals surface area contributed by atoms with E-state index in [1.807, 2.05) is 4.90 Å². The van der Waals surface area contributed by atoms with Gasteiger partial charge in [-0.1, -0.05) is 0 Å². The van der Waals surface area contributed by atoms with Crippen LogP contribution in [0.5, 0.6) is 0 Å². The van der Waals surface area contributed by atoms with Crippen molar-refractivity contribution in [3.05, 3.63) is 0 Å². The number of nitrogens with zero attached hydrogens (tertiary/aromatic N) is 3. The number of nitriles is 1. The molecule has 0 aliphatic carbocycles. The number of unbranched alkanes of at least 4 members (excludes halogenated alkanes) is 1. The Balaban J connectivity index is 1.63. The average molecular weight is 263 g/mol. The maximum atomic E-state index is 12.1. The number of carbonyl (C=O) groups excluding carboxylic acids is 1. The van der Waals surface area contributed by atoms with Crippen LogP contribution in [0, 0.1) is 17.2 Å².